The maximum atomic E-state index is 14.2. The Balaban J connectivity index is 1.13. The van der Waals surface area contributed by atoms with E-state index in [1.165, 1.54) is 70.6 Å². The van der Waals surface area contributed by atoms with E-state index in [2.05, 4.69) is 6.92 Å². The molecule has 0 unspecified atom stereocenters. The first-order valence-electron chi connectivity index (χ1n) is 32.7. The Labute approximate surface area is 483 Å². The van der Waals surface area contributed by atoms with Crippen LogP contribution in [0.1, 0.15) is 269 Å². The Hall–Kier alpha value is -1.50. The summed E-state index contributed by atoms with van der Waals surface area (Å²) in [5.74, 6) is -9.19. The van der Waals surface area contributed by atoms with Crippen LogP contribution in [0.2, 0.25) is 0 Å². The molecule has 22 atom stereocenters. The third kappa shape index (κ3) is 16.3. The Bertz CT molecular complexity index is 1900. The van der Waals surface area contributed by atoms with E-state index in [1.54, 1.807) is 6.92 Å². The number of aliphatic carboxylic acids is 1. The van der Waals surface area contributed by atoms with Crippen molar-refractivity contribution < 1.29 is 73.4 Å². The Morgan fingerprint density at radius 3 is 1.88 bits per heavy atom. The Kier molecular flexibility index (Phi) is 24.7. The van der Waals surface area contributed by atoms with Gasteiger partial charge >= 0.3 is 11.9 Å². The summed E-state index contributed by atoms with van der Waals surface area (Å²) in [7, 11) is 0. The van der Waals surface area contributed by atoms with Gasteiger partial charge in [0.1, 0.15) is 11.7 Å². The van der Waals surface area contributed by atoms with Crippen LogP contribution in [-0.2, 0) is 42.7 Å². The van der Waals surface area contributed by atoms with Crippen molar-refractivity contribution in [1.82, 2.24) is 0 Å². The lowest BCUT2D eigenvalue weighted by Gasteiger charge is -2.52. The fraction of sp³-hybridized carbons (Fsp3) is 0.969. The van der Waals surface area contributed by atoms with Gasteiger partial charge in [0.05, 0.1) is 59.8 Å². The van der Waals surface area contributed by atoms with Crippen LogP contribution >= 0.6 is 0 Å². The number of carbonyl (C=O) groups excluding carboxylic acids is 1. The number of unbranched alkanes of at least 4 members (excludes halogenated alkanes) is 14. The predicted octanol–water partition coefficient (Wildman–Crippen LogP) is 12.2. The molecule has 6 aliphatic rings. The first-order chi connectivity index (χ1) is 37.7. The summed E-state index contributed by atoms with van der Waals surface area (Å²) in [6, 6.07) is 0. The Morgan fingerprint density at radius 2 is 1.27 bits per heavy atom. The van der Waals surface area contributed by atoms with Crippen molar-refractivity contribution >= 4 is 11.9 Å². The molecule has 80 heavy (non-hydrogen) atoms. The summed E-state index contributed by atoms with van der Waals surface area (Å²) in [5.41, 5.74) is -3.13. The average Bonchev–Trinajstić information content (AvgIpc) is 4.15. The number of rotatable bonds is 30. The first kappa shape index (κ1) is 67.6. The molecular formula is C65H116O15. The summed E-state index contributed by atoms with van der Waals surface area (Å²) < 4.78 is 46.8. The summed E-state index contributed by atoms with van der Waals surface area (Å²) >= 11 is 0. The molecular weight excluding hydrogens is 1020 g/mol. The van der Waals surface area contributed by atoms with E-state index in [0.29, 0.717) is 77.0 Å². The van der Waals surface area contributed by atoms with E-state index in [0.717, 1.165) is 25.7 Å². The molecule has 6 fully saturated rings. The van der Waals surface area contributed by atoms with Gasteiger partial charge < -0.3 is 63.8 Å². The minimum Gasteiger partial charge on any atom is -0.481 e. The van der Waals surface area contributed by atoms with Gasteiger partial charge in [-0.2, -0.15) is 0 Å². The van der Waals surface area contributed by atoms with Crippen molar-refractivity contribution in [3.05, 3.63) is 0 Å². The highest BCUT2D eigenvalue weighted by molar-refractivity contribution is 5.70. The van der Waals surface area contributed by atoms with E-state index in [-0.39, 0.29) is 60.7 Å². The zero-order valence-corrected chi connectivity index (χ0v) is 52.1. The van der Waals surface area contributed by atoms with Crippen molar-refractivity contribution in [3.8, 4) is 0 Å². The number of aliphatic hydroxyl groups is 5. The summed E-state index contributed by atoms with van der Waals surface area (Å²) in [6.45, 7) is 23.3. The summed E-state index contributed by atoms with van der Waals surface area (Å²) in [6.07, 6.45) is 19.0. The fourth-order valence-corrected chi connectivity index (χ4v) is 15.3. The first-order valence-corrected chi connectivity index (χ1v) is 32.7. The molecule has 0 bridgehead atoms. The number of aliphatic hydroxyl groups excluding tert-OH is 1. The lowest BCUT2D eigenvalue weighted by Crippen LogP contribution is -2.64. The molecule has 6 saturated heterocycles. The fourth-order valence-electron chi connectivity index (χ4n) is 15.3. The van der Waals surface area contributed by atoms with Gasteiger partial charge in [-0.05, 0) is 123 Å². The second kappa shape index (κ2) is 29.3. The van der Waals surface area contributed by atoms with E-state index >= 15 is 0 Å². The van der Waals surface area contributed by atoms with Gasteiger partial charge in [-0.1, -0.05) is 145 Å². The van der Waals surface area contributed by atoms with Gasteiger partial charge in [-0.15, -0.1) is 0 Å². The average molecular weight is 1140 g/mol. The van der Waals surface area contributed by atoms with Gasteiger partial charge in [0.15, 0.2) is 17.7 Å². The highest BCUT2D eigenvalue weighted by Crippen LogP contribution is 2.56. The van der Waals surface area contributed by atoms with E-state index < -0.39 is 94.6 Å². The number of hydrogen-bond donors (Lipinski definition) is 6. The number of carboxylic acids is 1. The van der Waals surface area contributed by atoms with Crippen molar-refractivity contribution in [2.75, 3.05) is 0 Å². The number of carboxylic acid groups (broad SMARTS) is 1. The quantitative estimate of drug-likeness (QED) is 0.0291. The molecule has 6 N–H and O–H groups in total. The highest BCUT2D eigenvalue weighted by Gasteiger charge is 2.68. The summed E-state index contributed by atoms with van der Waals surface area (Å²) in [5, 5.41) is 71.2. The van der Waals surface area contributed by atoms with Gasteiger partial charge in [-0.3, -0.25) is 9.59 Å². The monoisotopic (exact) mass is 1140 g/mol. The third-order valence-electron chi connectivity index (χ3n) is 21.2. The lowest BCUT2D eigenvalue weighted by molar-refractivity contribution is -0.374. The molecule has 15 nitrogen and oxygen atoms in total. The zero-order chi connectivity index (χ0) is 58.8. The van der Waals surface area contributed by atoms with Crippen LogP contribution in [0.15, 0.2) is 0 Å². The lowest BCUT2D eigenvalue weighted by atomic mass is 9.76. The van der Waals surface area contributed by atoms with Crippen molar-refractivity contribution in [2.24, 2.45) is 41.4 Å². The topological polar surface area (TPSA) is 220 Å². The van der Waals surface area contributed by atoms with Crippen LogP contribution in [0.3, 0.4) is 0 Å². The van der Waals surface area contributed by atoms with Gasteiger partial charge in [0, 0.05) is 36.5 Å². The number of carbonyl (C=O) groups is 2. The molecule has 6 heterocycles. The molecule has 0 saturated carbocycles. The number of ether oxygens (including phenoxy) is 7. The van der Waals surface area contributed by atoms with Crippen molar-refractivity contribution in [1.29, 1.82) is 0 Å². The van der Waals surface area contributed by atoms with Crippen LogP contribution < -0.4 is 0 Å². The van der Waals surface area contributed by atoms with Gasteiger partial charge in [0.25, 0.3) is 0 Å². The molecule has 6 rings (SSSR count). The van der Waals surface area contributed by atoms with E-state index in [1.807, 2.05) is 69.2 Å². The van der Waals surface area contributed by atoms with Crippen LogP contribution in [0.5, 0.6) is 0 Å². The molecule has 0 radical (unpaired) electrons. The molecule has 466 valence electrons. The van der Waals surface area contributed by atoms with Crippen LogP contribution in [0.4, 0.5) is 0 Å². The Morgan fingerprint density at radius 1 is 0.662 bits per heavy atom. The minimum absolute atomic E-state index is 0.0202. The van der Waals surface area contributed by atoms with E-state index in [4.69, 9.17) is 33.2 Å². The normalized spacial score (nSPS) is 42.2. The van der Waals surface area contributed by atoms with E-state index in [9.17, 15) is 40.2 Å². The molecule has 0 amide bonds. The van der Waals surface area contributed by atoms with Gasteiger partial charge in [0.2, 0.25) is 5.79 Å². The SMILES string of the molecule is CCCCCCCCCCCCCCCCCC(=O)O[C@H]([C@@H]1CC[C@@](C)([C@]2(O)O[C@](C)([C@H]3CC[C@@](C)(O)[C@H](CC)O3)C[C@H]2C)O1)[C@]1(O)O[C@H](C[C@@]2(O)O[C@@H]([C@@H](C)[C@H](O)C[C@H]3CC[C@H](C)[C@@H]([C@@H](C)C(=O)O)O3)CC[C@@H]2C)[C@@H](C)C[C@H]1C. The minimum atomic E-state index is -2.05. The molecule has 15 heteroatoms. The van der Waals surface area contributed by atoms with Crippen LogP contribution in [0, 0.1) is 41.4 Å². The second-order valence-electron chi connectivity index (χ2n) is 27.9. The molecule has 6 aliphatic heterocycles. The van der Waals surface area contributed by atoms with Gasteiger partial charge in [-0.25, -0.2) is 0 Å². The number of esters is 1. The molecule has 0 aliphatic carbocycles. The molecule has 0 aromatic rings. The maximum absolute atomic E-state index is 14.2. The standard InChI is InChI=1S/C65H116O15/c1-13-15-16-17-18-19-20-21-22-23-24-25-26-27-28-29-56(67)76-58(52-34-37-62(12,77-52)65(73)46(7)40-61(11,80-65)55-35-36-60(10,70)54(14-2)75-55)64(72)45(6)38-43(4)53(79-64)41-63(71)44(5)31-33-51(78-63)47(8)50(66)39-49-32-30-42(3)57(74-49)48(9)59(68)69/h42-55,57-58,66,70-73H,13-41H2,1-12H3,(H,68,69)/t42-,43-,44-,45+,46+,47-,48+,49+,50+,51+,52-,53+,54-,55+,57-,58+,60+,61-,62-,63+,64+,65+/m0/s1. The summed E-state index contributed by atoms with van der Waals surface area (Å²) in [4.78, 5) is 26.1. The smallest absolute Gasteiger partial charge is 0.308 e. The van der Waals surface area contributed by atoms with Crippen LogP contribution in [0.25, 0.3) is 0 Å². The maximum Gasteiger partial charge on any atom is 0.308 e. The largest absolute Gasteiger partial charge is 0.481 e. The molecule has 0 spiro atoms. The number of hydrogen-bond acceptors (Lipinski definition) is 14. The third-order valence-corrected chi connectivity index (χ3v) is 21.2. The highest BCUT2D eigenvalue weighted by atomic mass is 16.7. The zero-order valence-electron chi connectivity index (χ0n) is 52.1. The molecule has 0 aromatic heterocycles. The predicted molar refractivity (Wildman–Crippen MR) is 308 cm³/mol. The second-order valence-corrected chi connectivity index (χ2v) is 27.9. The molecule has 0 aromatic carbocycles. The van der Waals surface area contributed by atoms with Crippen molar-refractivity contribution in [2.45, 2.75) is 358 Å². The van der Waals surface area contributed by atoms with Crippen LogP contribution in [-0.4, -0.2) is 132 Å². The van der Waals surface area contributed by atoms with Crippen molar-refractivity contribution in [3.63, 3.8) is 0 Å².